The molecule has 0 unspecified atom stereocenters. The summed E-state index contributed by atoms with van der Waals surface area (Å²) in [7, 11) is 0. The number of nitrogens with one attached hydrogen (secondary N) is 2. The third-order valence-corrected chi connectivity index (χ3v) is 3.55. The number of amides is 1. The number of H-pyrrole nitrogens is 1. The molecule has 2 heterocycles. The van der Waals surface area contributed by atoms with E-state index in [2.05, 4.69) is 30.8 Å². The van der Waals surface area contributed by atoms with Crippen molar-refractivity contribution >= 4 is 16.9 Å². The number of carbonyl (C=O) groups excluding carboxylic acids is 1. The fourth-order valence-corrected chi connectivity index (χ4v) is 2.36. The molecule has 8 heteroatoms. The van der Waals surface area contributed by atoms with E-state index in [4.69, 9.17) is 0 Å². The number of fused-ring (bicyclic) bond motifs is 1. The normalized spacial score (nSPS) is 12.5. The minimum Gasteiger partial charge on any atom is -0.342 e. The molecule has 0 aliphatic heterocycles. The van der Waals surface area contributed by atoms with Gasteiger partial charge in [0.25, 0.3) is 5.91 Å². The molecule has 0 spiro atoms. The van der Waals surface area contributed by atoms with Crippen molar-refractivity contribution in [1.29, 1.82) is 0 Å². The van der Waals surface area contributed by atoms with Crippen LogP contribution in [-0.4, -0.2) is 36.1 Å². The van der Waals surface area contributed by atoms with Crippen molar-refractivity contribution < 1.29 is 4.79 Å². The summed E-state index contributed by atoms with van der Waals surface area (Å²) in [5.74, 6) is 0.600. The second kappa shape index (κ2) is 5.92. The summed E-state index contributed by atoms with van der Waals surface area (Å²) in [6.07, 6.45) is 2.24. The van der Waals surface area contributed by atoms with E-state index in [1.807, 2.05) is 13.8 Å². The van der Waals surface area contributed by atoms with Gasteiger partial charge in [0.05, 0.1) is 6.04 Å². The first kappa shape index (κ1) is 14.2. The van der Waals surface area contributed by atoms with Gasteiger partial charge in [-0.1, -0.05) is 6.92 Å². The van der Waals surface area contributed by atoms with Crippen LogP contribution in [0.3, 0.4) is 0 Å². The zero-order chi connectivity index (χ0) is 15.5. The van der Waals surface area contributed by atoms with Crippen LogP contribution in [0, 0.1) is 0 Å². The number of aryl methyl sites for hydroxylation is 1. The molecule has 3 aromatic rings. The van der Waals surface area contributed by atoms with Gasteiger partial charge in [0.15, 0.2) is 0 Å². The van der Waals surface area contributed by atoms with E-state index in [1.165, 1.54) is 6.33 Å². The van der Waals surface area contributed by atoms with Gasteiger partial charge in [-0.3, -0.25) is 4.79 Å². The Morgan fingerprint density at radius 3 is 2.91 bits per heavy atom. The summed E-state index contributed by atoms with van der Waals surface area (Å²) >= 11 is 0. The minimum atomic E-state index is -0.178. The van der Waals surface area contributed by atoms with Gasteiger partial charge in [-0.15, -0.1) is 0 Å². The highest BCUT2D eigenvalue weighted by molar-refractivity contribution is 5.97. The van der Waals surface area contributed by atoms with Crippen LogP contribution in [0.1, 0.15) is 42.5 Å². The molecule has 2 aromatic heterocycles. The van der Waals surface area contributed by atoms with Crippen LogP contribution in [0.15, 0.2) is 24.5 Å². The molecule has 3 rings (SSSR count). The van der Waals surface area contributed by atoms with Gasteiger partial charge in [-0.25, -0.2) is 9.67 Å². The van der Waals surface area contributed by atoms with Crippen molar-refractivity contribution in [3.63, 3.8) is 0 Å². The molecule has 0 aliphatic carbocycles. The lowest BCUT2D eigenvalue weighted by atomic mass is 10.1. The molecule has 0 fully saturated rings. The number of benzene rings is 1. The van der Waals surface area contributed by atoms with Crippen LogP contribution < -0.4 is 5.32 Å². The Hall–Kier alpha value is -2.77. The quantitative estimate of drug-likeness (QED) is 0.742. The highest BCUT2D eigenvalue weighted by Gasteiger charge is 2.19. The number of aromatic nitrogens is 6. The monoisotopic (exact) mass is 299 g/mol. The van der Waals surface area contributed by atoms with Crippen molar-refractivity contribution in [3.8, 4) is 0 Å². The molecular weight excluding hydrogens is 282 g/mol. The zero-order valence-corrected chi connectivity index (χ0v) is 12.4. The molecule has 8 nitrogen and oxygen atoms in total. The third kappa shape index (κ3) is 2.54. The second-order valence-electron chi connectivity index (χ2n) is 4.90. The topological polar surface area (TPSA) is 101 Å². The summed E-state index contributed by atoms with van der Waals surface area (Å²) < 4.78 is 1.79. The number of hydrogen-bond donors (Lipinski definition) is 2. The van der Waals surface area contributed by atoms with Crippen molar-refractivity contribution in [2.75, 3.05) is 0 Å². The predicted octanol–water partition coefficient (Wildman–Crippen LogP) is 1.45. The lowest BCUT2D eigenvalue weighted by Gasteiger charge is -2.16. The lowest BCUT2D eigenvalue weighted by Crippen LogP contribution is -2.30. The fourth-order valence-electron chi connectivity index (χ4n) is 2.36. The summed E-state index contributed by atoms with van der Waals surface area (Å²) in [4.78, 5) is 16.7. The van der Waals surface area contributed by atoms with Crippen LogP contribution in [0.5, 0.6) is 0 Å². The van der Waals surface area contributed by atoms with Gasteiger partial charge >= 0.3 is 0 Å². The van der Waals surface area contributed by atoms with Gasteiger partial charge < -0.3 is 5.32 Å². The van der Waals surface area contributed by atoms with E-state index >= 15 is 0 Å². The van der Waals surface area contributed by atoms with Gasteiger partial charge in [0.2, 0.25) is 0 Å². The number of hydrogen-bond acceptors (Lipinski definition) is 5. The largest absolute Gasteiger partial charge is 0.342 e. The van der Waals surface area contributed by atoms with Gasteiger partial charge in [0, 0.05) is 12.1 Å². The predicted molar refractivity (Wildman–Crippen MR) is 80.1 cm³/mol. The maximum Gasteiger partial charge on any atom is 0.251 e. The first-order chi connectivity index (χ1) is 10.7. The summed E-state index contributed by atoms with van der Waals surface area (Å²) in [6, 6.07) is 5.04. The SMILES string of the molecule is CC[C@@H](NC(=O)c1ccc2n[nH]nc2c1)c1ncnn1CC. The molecule has 2 N–H and O–H groups in total. The summed E-state index contributed by atoms with van der Waals surface area (Å²) in [5.41, 5.74) is 1.94. The third-order valence-electron chi connectivity index (χ3n) is 3.55. The number of aromatic amines is 1. The summed E-state index contributed by atoms with van der Waals surface area (Å²) in [6.45, 7) is 4.71. The van der Waals surface area contributed by atoms with Crippen LogP contribution in [0.4, 0.5) is 0 Å². The Morgan fingerprint density at radius 1 is 1.32 bits per heavy atom. The molecular formula is C14H17N7O. The Morgan fingerprint density at radius 2 is 2.14 bits per heavy atom. The molecule has 0 aliphatic rings. The molecule has 22 heavy (non-hydrogen) atoms. The number of rotatable bonds is 5. The molecule has 0 bridgehead atoms. The van der Waals surface area contributed by atoms with Crippen LogP contribution in [-0.2, 0) is 6.54 Å². The first-order valence-corrected chi connectivity index (χ1v) is 7.22. The standard InChI is InChI=1S/C14H17N7O/c1-3-10(13-15-8-16-21(13)4-2)17-14(22)9-5-6-11-12(7-9)19-20-18-11/h5-8,10H,3-4H2,1-2H3,(H,17,22)(H,18,19,20)/t10-/m1/s1. The maximum atomic E-state index is 12.4. The fraction of sp³-hybridized carbons (Fsp3) is 0.357. The Bertz CT molecular complexity index is 791. The molecule has 1 atom stereocenters. The van der Waals surface area contributed by atoms with E-state index in [0.717, 1.165) is 17.8 Å². The van der Waals surface area contributed by atoms with Crippen molar-refractivity contribution in [2.45, 2.75) is 32.9 Å². The van der Waals surface area contributed by atoms with Crippen LogP contribution >= 0.6 is 0 Å². The van der Waals surface area contributed by atoms with Crippen LogP contribution in [0.2, 0.25) is 0 Å². The number of nitrogens with zero attached hydrogens (tertiary/aromatic N) is 5. The van der Waals surface area contributed by atoms with E-state index in [0.29, 0.717) is 17.6 Å². The van der Waals surface area contributed by atoms with Gasteiger partial charge in [-0.05, 0) is 31.5 Å². The van der Waals surface area contributed by atoms with E-state index in [9.17, 15) is 4.79 Å². The molecule has 1 amide bonds. The lowest BCUT2D eigenvalue weighted by molar-refractivity contribution is 0.0933. The summed E-state index contributed by atoms with van der Waals surface area (Å²) in [5, 5.41) is 17.7. The van der Waals surface area contributed by atoms with Crippen molar-refractivity contribution in [1.82, 2.24) is 35.5 Å². The van der Waals surface area contributed by atoms with E-state index in [1.54, 1.807) is 22.9 Å². The van der Waals surface area contributed by atoms with Gasteiger partial charge in [-0.2, -0.15) is 20.5 Å². The molecule has 0 radical (unpaired) electrons. The highest BCUT2D eigenvalue weighted by atomic mass is 16.1. The van der Waals surface area contributed by atoms with Crippen molar-refractivity contribution in [2.24, 2.45) is 0 Å². The smallest absolute Gasteiger partial charge is 0.251 e. The Balaban J connectivity index is 1.82. The minimum absolute atomic E-state index is 0.164. The molecule has 0 saturated carbocycles. The van der Waals surface area contributed by atoms with E-state index < -0.39 is 0 Å². The second-order valence-corrected chi connectivity index (χ2v) is 4.90. The average Bonchev–Trinajstić information content (AvgIpc) is 3.19. The number of carbonyl (C=O) groups is 1. The van der Waals surface area contributed by atoms with Crippen LogP contribution in [0.25, 0.3) is 11.0 Å². The molecule has 0 saturated heterocycles. The molecule has 1 aromatic carbocycles. The maximum absolute atomic E-state index is 12.4. The zero-order valence-electron chi connectivity index (χ0n) is 12.4. The van der Waals surface area contributed by atoms with E-state index in [-0.39, 0.29) is 11.9 Å². The Kier molecular flexibility index (Phi) is 3.82. The van der Waals surface area contributed by atoms with Crippen molar-refractivity contribution in [3.05, 3.63) is 35.9 Å². The van der Waals surface area contributed by atoms with Gasteiger partial charge in [0.1, 0.15) is 23.2 Å². The Labute approximate surface area is 126 Å². The first-order valence-electron chi connectivity index (χ1n) is 7.22. The average molecular weight is 299 g/mol. The molecule has 114 valence electrons. The highest BCUT2D eigenvalue weighted by Crippen LogP contribution is 2.16.